The van der Waals surface area contributed by atoms with Gasteiger partial charge in [0, 0.05) is 25.0 Å². The summed E-state index contributed by atoms with van der Waals surface area (Å²) in [7, 11) is -2.64. The van der Waals surface area contributed by atoms with Gasteiger partial charge in [-0.1, -0.05) is 90.0 Å². The van der Waals surface area contributed by atoms with E-state index >= 15 is 0 Å². The number of carbonyl (C=O) groups is 2. The number of sulfonamides is 1. The molecule has 0 radical (unpaired) electrons. The van der Waals surface area contributed by atoms with E-state index in [1.165, 1.54) is 36.2 Å². The summed E-state index contributed by atoms with van der Waals surface area (Å²) in [6, 6.07) is 30.4. The minimum absolute atomic E-state index is 0.00377. The molecular formula is C32H32ClN3O4S. The Labute approximate surface area is 246 Å². The molecule has 0 fully saturated rings. The van der Waals surface area contributed by atoms with Crippen molar-refractivity contribution in [1.82, 2.24) is 10.2 Å². The van der Waals surface area contributed by atoms with Crippen molar-refractivity contribution in [3.63, 3.8) is 0 Å². The van der Waals surface area contributed by atoms with E-state index in [9.17, 15) is 18.0 Å². The van der Waals surface area contributed by atoms with Crippen LogP contribution in [0, 0.1) is 6.92 Å². The Balaban J connectivity index is 1.77. The van der Waals surface area contributed by atoms with Crippen LogP contribution in [-0.2, 0) is 32.6 Å². The molecule has 1 N–H and O–H groups in total. The number of hydrogen-bond donors (Lipinski definition) is 1. The average Bonchev–Trinajstić information content (AvgIpc) is 2.98. The Kier molecular flexibility index (Phi) is 9.81. The molecule has 2 amide bonds. The van der Waals surface area contributed by atoms with Crippen LogP contribution in [0.2, 0.25) is 5.02 Å². The number of rotatable bonds is 11. The van der Waals surface area contributed by atoms with Gasteiger partial charge in [-0.2, -0.15) is 0 Å². The zero-order chi connectivity index (χ0) is 29.4. The monoisotopic (exact) mass is 589 g/mol. The summed E-state index contributed by atoms with van der Waals surface area (Å²) in [5.74, 6) is -0.862. The summed E-state index contributed by atoms with van der Waals surface area (Å²) in [6.45, 7) is 1.56. The fourth-order valence-corrected chi connectivity index (χ4v) is 6.12. The van der Waals surface area contributed by atoms with E-state index in [2.05, 4.69) is 5.32 Å². The summed E-state index contributed by atoms with van der Waals surface area (Å²) in [4.78, 5) is 29.0. The van der Waals surface area contributed by atoms with Crippen LogP contribution in [-0.4, -0.2) is 44.8 Å². The number of nitrogens with one attached hydrogen (secondary N) is 1. The van der Waals surface area contributed by atoms with Gasteiger partial charge in [0.25, 0.3) is 10.0 Å². The van der Waals surface area contributed by atoms with Crippen LogP contribution in [0.3, 0.4) is 0 Å². The quantitative estimate of drug-likeness (QED) is 0.260. The second kappa shape index (κ2) is 13.5. The van der Waals surface area contributed by atoms with Gasteiger partial charge in [-0.15, -0.1) is 0 Å². The maximum atomic E-state index is 14.2. The number of halogens is 1. The molecule has 1 atom stereocenters. The van der Waals surface area contributed by atoms with Gasteiger partial charge in [-0.05, 0) is 54.4 Å². The summed E-state index contributed by atoms with van der Waals surface area (Å²) in [5.41, 5.74) is 3.03. The molecule has 0 aliphatic heterocycles. The van der Waals surface area contributed by atoms with Gasteiger partial charge < -0.3 is 10.2 Å². The van der Waals surface area contributed by atoms with Crippen molar-refractivity contribution in [2.45, 2.75) is 30.8 Å². The van der Waals surface area contributed by atoms with Gasteiger partial charge in [-0.25, -0.2) is 8.42 Å². The highest BCUT2D eigenvalue weighted by Gasteiger charge is 2.34. The van der Waals surface area contributed by atoms with Crippen LogP contribution in [0.4, 0.5) is 5.69 Å². The Morgan fingerprint density at radius 2 is 1.44 bits per heavy atom. The standard InChI is InChI=1S/C32H32ClN3O4S/c1-24-10-9-13-26(20-24)22-35(30(32(38)34-2)21-25-11-5-3-6-12-25)31(37)23-36(28-14-7-4-8-15-28)41(39,40)29-18-16-27(33)17-19-29/h3-20,30H,21-23H2,1-2H3,(H,34,38)/t30-/m0/s1. The van der Waals surface area contributed by atoms with Crippen LogP contribution < -0.4 is 9.62 Å². The number of anilines is 1. The molecule has 4 rings (SSSR count). The average molecular weight is 590 g/mol. The van der Waals surface area contributed by atoms with E-state index in [1.54, 1.807) is 30.3 Å². The van der Waals surface area contributed by atoms with E-state index in [1.807, 2.05) is 61.5 Å². The molecule has 0 saturated carbocycles. The Morgan fingerprint density at radius 3 is 2.05 bits per heavy atom. The first kappa shape index (κ1) is 29.8. The maximum absolute atomic E-state index is 14.2. The zero-order valence-electron chi connectivity index (χ0n) is 22.9. The van der Waals surface area contributed by atoms with Gasteiger partial charge in [0.2, 0.25) is 11.8 Å². The highest BCUT2D eigenvalue weighted by Crippen LogP contribution is 2.26. The third kappa shape index (κ3) is 7.54. The Morgan fingerprint density at radius 1 is 0.829 bits per heavy atom. The lowest BCUT2D eigenvalue weighted by atomic mass is 10.0. The molecule has 0 saturated heterocycles. The minimum Gasteiger partial charge on any atom is -0.357 e. The van der Waals surface area contributed by atoms with Crippen LogP contribution >= 0.6 is 11.6 Å². The van der Waals surface area contributed by atoms with E-state index in [4.69, 9.17) is 11.6 Å². The third-order valence-electron chi connectivity index (χ3n) is 6.68. The molecule has 0 unspecified atom stereocenters. The molecule has 0 aromatic heterocycles. The first-order chi connectivity index (χ1) is 19.7. The number of benzene rings is 4. The molecule has 9 heteroatoms. The number of amides is 2. The number of carbonyl (C=O) groups excluding carboxylic acids is 2. The van der Waals surface area contributed by atoms with Crippen molar-refractivity contribution < 1.29 is 18.0 Å². The highest BCUT2D eigenvalue weighted by atomic mass is 35.5. The van der Waals surface area contributed by atoms with Gasteiger partial charge in [-0.3, -0.25) is 13.9 Å². The van der Waals surface area contributed by atoms with E-state index in [0.717, 1.165) is 21.0 Å². The molecule has 0 heterocycles. The maximum Gasteiger partial charge on any atom is 0.264 e. The van der Waals surface area contributed by atoms with Gasteiger partial charge in [0.05, 0.1) is 10.6 Å². The molecule has 0 aliphatic rings. The Hall–Kier alpha value is -4.14. The number of para-hydroxylation sites is 1. The molecular weight excluding hydrogens is 558 g/mol. The summed E-state index contributed by atoms with van der Waals surface area (Å²) in [6.07, 6.45) is 0.257. The van der Waals surface area contributed by atoms with Crippen molar-refractivity contribution in [2.24, 2.45) is 0 Å². The minimum atomic E-state index is -4.16. The smallest absolute Gasteiger partial charge is 0.264 e. The van der Waals surface area contributed by atoms with E-state index < -0.39 is 28.5 Å². The van der Waals surface area contributed by atoms with Gasteiger partial charge >= 0.3 is 0 Å². The fraction of sp³-hybridized carbons (Fsp3) is 0.188. The van der Waals surface area contributed by atoms with Crippen LogP contribution in [0.5, 0.6) is 0 Å². The van der Waals surface area contributed by atoms with Crippen LogP contribution in [0.1, 0.15) is 16.7 Å². The first-order valence-electron chi connectivity index (χ1n) is 13.1. The fourth-order valence-electron chi connectivity index (χ4n) is 4.58. The summed E-state index contributed by atoms with van der Waals surface area (Å²) < 4.78 is 28.9. The predicted molar refractivity (Wildman–Crippen MR) is 162 cm³/mol. The lowest BCUT2D eigenvalue weighted by molar-refractivity contribution is -0.139. The topological polar surface area (TPSA) is 86.8 Å². The molecule has 4 aromatic carbocycles. The van der Waals surface area contributed by atoms with E-state index in [0.29, 0.717) is 10.7 Å². The van der Waals surface area contributed by atoms with Crippen molar-refractivity contribution in [3.05, 3.63) is 131 Å². The SMILES string of the molecule is CNC(=O)[C@H](Cc1ccccc1)N(Cc1cccc(C)c1)C(=O)CN(c1ccccc1)S(=O)(=O)c1ccc(Cl)cc1. The third-order valence-corrected chi connectivity index (χ3v) is 8.72. The number of likely N-dealkylation sites (N-methyl/N-ethyl adjacent to an activating group) is 1. The number of nitrogens with zero attached hydrogens (tertiary/aromatic N) is 2. The summed E-state index contributed by atoms with van der Waals surface area (Å²) >= 11 is 6.01. The normalized spacial score (nSPS) is 11.9. The molecule has 212 valence electrons. The van der Waals surface area contributed by atoms with Crippen LogP contribution in [0.25, 0.3) is 0 Å². The largest absolute Gasteiger partial charge is 0.357 e. The summed E-state index contributed by atoms with van der Waals surface area (Å²) in [5, 5.41) is 3.08. The van der Waals surface area contributed by atoms with Crippen molar-refractivity contribution in [2.75, 3.05) is 17.9 Å². The first-order valence-corrected chi connectivity index (χ1v) is 14.9. The molecule has 0 aliphatic carbocycles. The molecule has 0 spiro atoms. The predicted octanol–water partition coefficient (Wildman–Crippen LogP) is 5.23. The number of hydrogen-bond acceptors (Lipinski definition) is 4. The highest BCUT2D eigenvalue weighted by molar-refractivity contribution is 7.92. The van der Waals surface area contributed by atoms with Crippen LogP contribution in [0.15, 0.2) is 114 Å². The van der Waals surface area contributed by atoms with Crippen molar-refractivity contribution >= 4 is 39.1 Å². The second-order valence-electron chi connectivity index (χ2n) is 9.63. The molecule has 4 aromatic rings. The molecule has 7 nitrogen and oxygen atoms in total. The lowest BCUT2D eigenvalue weighted by Gasteiger charge is -2.33. The van der Waals surface area contributed by atoms with Crippen molar-refractivity contribution in [3.8, 4) is 0 Å². The zero-order valence-corrected chi connectivity index (χ0v) is 24.5. The second-order valence-corrected chi connectivity index (χ2v) is 11.9. The van der Waals surface area contributed by atoms with Crippen molar-refractivity contribution in [1.29, 1.82) is 0 Å². The molecule has 0 bridgehead atoms. The lowest BCUT2D eigenvalue weighted by Crippen LogP contribution is -2.53. The number of aryl methyl sites for hydroxylation is 1. The van der Waals surface area contributed by atoms with E-state index in [-0.39, 0.29) is 23.8 Å². The Bertz CT molecular complexity index is 1580. The molecule has 41 heavy (non-hydrogen) atoms. The van der Waals surface area contributed by atoms with Gasteiger partial charge in [0.15, 0.2) is 0 Å². The van der Waals surface area contributed by atoms with Gasteiger partial charge in [0.1, 0.15) is 12.6 Å².